The molecular weight excluding hydrogens is 218 g/mol. The van der Waals surface area contributed by atoms with E-state index in [1.807, 2.05) is 10.8 Å². The predicted molar refractivity (Wildman–Crippen MR) is 64.1 cm³/mol. The summed E-state index contributed by atoms with van der Waals surface area (Å²) in [5.74, 6) is 0.629. The van der Waals surface area contributed by atoms with E-state index in [4.69, 9.17) is 4.74 Å². The van der Waals surface area contributed by atoms with Crippen molar-refractivity contribution in [2.45, 2.75) is 38.5 Å². The van der Waals surface area contributed by atoms with Crippen LogP contribution in [0, 0.1) is 0 Å². The lowest BCUT2D eigenvalue weighted by atomic mass is 10.1. The Bertz CT molecular complexity index is 389. The van der Waals surface area contributed by atoms with Crippen LogP contribution in [0.25, 0.3) is 0 Å². The third-order valence-electron chi connectivity index (χ3n) is 3.14. The highest BCUT2D eigenvalue weighted by atomic mass is 16.5. The van der Waals surface area contributed by atoms with Gasteiger partial charge in [-0.2, -0.15) is 0 Å². The Kier molecular flexibility index (Phi) is 3.91. The molecule has 0 aromatic carbocycles. The number of carbonyl (C=O) groups excluding carboxylic acids is 1. The predicted octanol–water partition coefficient (Wildman–Crippen LogP) is 0.853. The molecule has 0 saturated carbocycles. The minimum absolute atomic E-state index is 0.0722. The Morgan fingerprint density at radius 1 is 1.71 bits per heavy atom. The quantitative estimate of drug-likeness (QED) is 0.771. The van der Waals surface area contributed by atoms with Crippen LogP contribution in [0.3, 0.4) is 0 Å². The molecule has 1 aromatic heterocycles. The SMILES string of the molecule is CCCn1ccnc1C(=O)C1CC(OC)CN1. The Labute approximate surface area is 101 Å². The molecule has 17 heavy (non-hydrogen) atoms. The summed E-state index contributed by atoms with van der Waals surface area (Å²) in [5.41, 5.74) is 0. The van der Waals surface area contributed by atoms with Gasteiger partial charge in [0.15, 0.2) is 5.82 Å². The highest BCUT2D eigenvalue weighted by Gasteiger charge is 2.31. The van der Waals surface area contributed by atoms with Gasteiger partial charge in [0.25, 0.3) is 0 Å². The van der Waals surface area contributed by atoms with Gasteiger partial charge in [-0.25, -0.2) is 4.98 Å². The molecule has 1 N–H and O–H groups in total. The van der Waals surface area contributed by atoms with E-state index in [0.29, 0.717) is 5.82 Å². The topological polar surface area (TPSA) is 56.2 Å². The van der Waals surface area contributed by atoms with E-state index in [-0.39, 0.29) is 17.9 Å². The second-order valence-corrected chi connectivity index (χ2v) is 4.36. The van der Waals surface area contributed by atoms with E-state index in [1.54, 1.807) is 13.3 Å². The first-order valence-electron chi connectivity index (χ1n) is 6.07. The number of ketones is 1. The molecule has 1 aromatic rings. The number of rotatable bonds is 5. The highest BCUT2D eigenvalue weighted by molar-refractivity contribution is 5.97. The van der Waals surface area contributed by atoms with Gasteiger partial charge in [0, 0.05) is 32.6 Å². The summed E-state index contributed by atoms with van der Waals surface area (Å²) in [6.45, 7) is 3.66. The fourth-order valence-corrected chi connectivity index (χ4v) is 2.19. The first-order valence-corrected chi connectivity index (χ1v) is 6.07. The van der Waals surface area contributed by atoms with Gasteiger partial charge in [0.05, 0.1) is 12.1 Å². The minimum atomic E-state index is -0.155. The zero-order chi connectivity index (χ0) is 12.3. The number of hydrogen-bond acceptors (Lipinski definition) is 4. The summed E-state index contributed by atoms with van der Waals surface area (Å²) in [7, 11) is 1.68. The summed E-state index contributed by atoms with van der Waals surface area (Å²) < 4.78 is 7.17. The molecule has 0 bridgehead atoms. The maximum absolute atomic E-state index is 12.3. The van der Waals surface area contributed by atoms with Crippen LogP contribution in [0.15, 0.2) is 12.4 Å². The average Bonchev–Trinajstić information content (AvgIpc) is 2.97. The van der Waals surface area contributed by atoms with Crippen molar-refractivity contribution < 1.29 is 9.53 Å². The van der Waals surface area contributed by atoms with Crippen molar-refractivity contribution in [1.82, 2.24) is 14.9 Å². The molecule has 5 nitrogen and oxygen atoms in total. The molecule has 1 aliphatic rings. The van der Waals surface area contributed by atoms with Crippen LogP contribution in [0.5, 0.6) is 0 Å². The highest BCUT2D eigenvalue weighted by Crippen LogP contribution is 2.14. The molecule has 0 radical (unpaired) electrons. The second-order valence-electron chi connectivity index (χ2n) is 4.36. The normalized spacial score (nSPS) is 24.1. The molecule has 2 unspecified atom stereocenters. The standard InChI is InChI=1S/C12H19N3O2/c1-3-5-15-6-4-13-12(15)11(16)10-7-9(17-2)8-14-10/h4,6,9-10,14H,3,5,7-8H2,1-2H3. The molecule has 1 fully saturated rings. The van der Waals surface area contributed by atoms with Crippen LogP contribution in [0.1, 0.15) is 30.4 Å². The van der Waals surface area contributed by atoms with E-state index in [1.165, 1.54) is 0 Å². The van der Waals surface area contributed by atoms with Crippen molar-refractivity contribution in [1.29, 1.82) is 0 Å². The number of carbonyl (C=O) groups is 1. The van der Waals surface area contributed by atoms with E-state index in [2.05, 4.69) is 17.2 Å². The van der Waals surface area contributed by atoms with Crippen molar-refractivity contribution in [3.8, 4) is 0 Å². The largest absolute Gasteiger partial charge is 0.380 e. The molecule has 94 valence electrons. The Morgan fingerprint density at radius 2 is 2.53 bits per heavy atom. The van der Waals surface area contributed by atoms with Crippen LogP contribution in [-0.4, -0.2) is 41.1 Å². The van der Waals surface area contributed by atoms with Crippen molar-refractivity contribution >= 4 is 5.78 Å². The van der Waals surface area contributed by atoms with Gasteiger partial charge in [-0.3, -0.25) is 4.79 Å². The van der Waals surface area contributed by atoms with Crippen LogP contribution in [-0.2, 0) is 11.3 Å². The zero-order valence-corrected chi connectivity index (χ0v) is 10.3. The molecule has 0 spiro atoms. The van der Waals surface area contributed by atoms with E-state index < -0.39 is 0 Å². The van der Waals surface area contributed by atoms with Crippen LogP contribution >= 0.6 is 0 Å². The lowest BCUT2D eigenvalue weighted by Gasteiger charge is -2.10. The number of methoxy groups -OCH3 is 1. The van der Waals surface area contributed by atoms with Crippen LogP contribution in [0.2, 0.25) is 0 Å². The first-order chi connectivity index (χ1) is 8.26. The third-order valence-corrected chi connectivity index (χ3v) is 3.14. The number of imidazole rings is 1. The van der Waals surface area contributed by atoms with Gasteiger partial charge in [-0.05, 0) is 12.8 Å². The maximum atomic E-state index is 12.3. The van der Waals surface area contributed by atoms with Crippen molar-refractivity contribution in [2.75, 3.05) is 13.7 Å². The number of Topliss-reactive ketones (excluding diaryl/α,β-unsaturated/α-hetero) is 1. The van der Waals surface area contributed by atoms with Crippen molar-refractivity contribution in [2.24, 2.45) is 0 Å². The maximum Gasteiger partial charge on any atom is 0.215 e. The molecule has 1 aliphatic heterocycles. The average molecular weight is 237 g/mol. The number of nitrogens with zero attached hydrogens (tertiary/aromatic N) is 2. The van der Waals surface area contributed by atoms with Crippen molar-refractivity contribution in [3.05, 3.63) is 18.2 Å². The molecule has 2 atom stereocenters. The molecule has 0 aliphatic carbocycles. The monoisotopic (exact) mass is 237 g/mol. The smallest absolute Gasteiger partial charge is 0.215 e. The van der Waals surface area contributed by atoms with E-state index >= 15 is 0 Å². The van der Waals surface area contributed by atoms with Crippen LogP contribution < -0.4 is 5.32 Å². The minimum Gasteiger partial charge on any atom is -0.380 e. The second kappa shape index (κ2) is 5.42. The zero-order valence-electron chi connectivity index (χ0n) is 10.3. The van der Waals surface area contributed by atoms with Crippen LogP contribution in [0.4, 0.5) is 0 Å². The van der Waals surface area contributed by atoms with Gasteiger partial charge < -0.3 is 14.6 Å². The number of aromatic nitrogens is 2. The third kappa shape index (κ3) is 2.56. The molecule has 2 heterocycles. The Hall–Kier alpha value is -1.20. The summed E-state index contributed by atoms with van der Waals surface area (Å²) in [5, 5.41) is 3.19. The number of hydrogen-bond donors (Lipinski definition) is 1. The fourth-order valence-electron chi connectivity index (χ4n) is 2.19. The Morgan fingerprint density at radius 3 is 3.18 bits per heavy atom. The summed E-state index contributed by atoms with van der Waals surface area (Å²) in [6, 6.07) is -0.155. The lowest BCUT2D eigenvalue weighted by molar-refractivity contribution is 0.0905. The molecule has 5 heteroatoms. The Balaban J connectivity index is 2.06. The number of nitrogens with one attached hydrogen (secondary N) is 1. The van der Waals surface area contributed by atoms with Crippen molar-refractivity contribution in [3.63, 3.8) is 0 Å². The number of ether oxygens (including phenoxy) is 1. The summed E-state index contributed by atoms with van der Waals surface area (Å²) in [4.78, 5) is 16.4. The summed E-state index contributed by atoms with van der Waals surface area (Å²) >= 11 is 0. The fraction of sp³-hybridized carbons (Fsp3) is 0.667. The van der Waals surface area contributed by atoms with Gasteiger partial charge >= 0.3 is 0 Å². The lowest BCUT2D eigenvalue weighted by Crippen LogP contribution is -2.32. The van der Waals surface area contributed by atoms with Gasteiger partial charge in [0.2, 0.25) is 5.78 Å². The first kappa shape index (κ1) is 12.3. The summed E-state index contributed by atoms with van der Waals surface area (Å²) in [6.07, 6.45) is 5.41. The van der Waals surface area contributed by atoms with Gasteiger partial charge in [-0.1, -0.05) is 6.92 Å². The molecule has 0 amide bonds. The van der Waals surface area contributed by atoms with Gasteiger partial charge in [-0.15, -0.1) is 0 Å². The molecule has 2 rings (SSSR count). The van der Waals surface area contributed by atoms with E-state index in [0.717, 1.165) is 25.9 Å². The number of aryl methyl sites for hydroxylation is 1. The van der Waals surface area contributed by atoms with E-state index in [9.17, 15) is 4.79 Å². The molecular formula is C12H19N3O2. The van der Waals surface area contributed by atoms with Gasteiger partial charge in [0.1, 0.15) is 0 Å². The molecule has 1 saturated heterocycles.